The Bertz CT molecular complexity index is 3470. The molecule has 2 aliphatic heterocycles. The first-order valence-corrected chi connectivity index (χ1v) is 22.9. The van der Waals surface area contributed by atoms with Gasteiger partial charge in [0, 0.05) is 87.9 Å². The molecule has 0 unspecified atom stereocenters. The highest BCUT2D eigenvalue weighted by Gasteiger charge is 2.32. The minimum Gasteiger partial charge on any atom is -0.475 e. The standard InChI is InChI=1S/C20H16FN11O2S.C11H6FN5O3.C9H12N6S/c21-12-10-24-17(32-3-1-25-29-32)14-13(12)11(9-23-14)16(33)20(34)31-6-4-30(5-7-31)18-15(26-28-27-18)19-22-2-8-35-19;12-6-4-14-10(17-2-1-15-16-17)8-7(6)5(3-13-8)9(18)11(19)20;1-4-15(5-2-10-1)8-7(12-14-13-8)9-11-3-6-16-9/h1-3,8-10,23H,4-7H2,(H,26,27,28);1-4,13H,(H,19,20);3,6,10H,1-2,4-5H2,(H,12,13,14). The minimum absolute atomic E-state index is 0.0156. The van der Waals surface area contributed by atoms with Gasteiger partial charge in [0.2, 0.25) is 0 Å². The van der Waals surface area contributed by atoms with Crippen molar-refractivity contribution in [3.8, 4) is 33.0 Å². The molecule has 27 nitrogen and oxygen atoms in total. The van der Waals surface area contributed by atoms with Gasteiger partial charge in [-0.2, -0.15) is 20.6 Å². The van der Waals surface area contributed by atoms with Crippen molar-refractivity contribution < 1.29 is 33.1 Å². The summed E-state index contributed by atoms with van der Waals surface area (Å²) >= 11 is 3.04. The number of aliphatic carboxylic acids is 1. The van der Waals surface area contributed by atoms with Crippen LogP contribution in [0.4, 0.5) is 20.4 Å². The number of carbonyl (C=O) groups excluding carboxylic acids is 3. The fourth-order valence-electron chi connectivity index (χ4n) is 7.77. The van der Waals surface area contributed by atoms with Crippen molar-refractivity contribution >= 4 is 79.6 Å². The highest BCUT2D eigenvalue weighted by atomic mass is 32.1. The topological polar surface area (TPSA) is 338 Å². The van der Waals surface area contributed by atoms with Crippen LogP contribution in [-0.2, 0) is 9.59 Å². The molecule has 0 aromatic carbocycles. The van der Waals surface area contributed by atoms with Gasteiger partial charge in [-0.1, -0.05) is 10.4 Å². The van der Waals surface area contributed by atoms with Crippen LogP contribution in [-0.4, -0.2) is 177 Å². The number of hydrogen-bond acceptors (Lipinski definition) is 21. The Balaban J connectivity index is 0.000000136. The number of pyridine rings is 2. The zero-order valence-corrected chi connectivity index (χ0v) is 38.0. The van der Waals surface area contributed by atoms with Gasteiger partial charge in [0.15, 0.2) is 46.3 Å². The maximum Gasteiger partial charge on any atom is 0.377 e. The molecule has 31 heteroatoms. The van der Waals surface area contributed by atoms with Gasteiger partial charge in [0.05, 0.1) is 70.1 Å². The molecule has 10 aromatic rings. The number of amides is 1. The number of Topliss-reactive ketones (excluding diaryl/α,β-unsaturated/α-hetero) is 2. The number of carbonyl (C=O) groups is 4. The maximum atomic E-state index is 14.7. The molecule has 6 N–H and O–H groups in total. The number of H-pyrrole nitrogens is 4. The summed E-state index contributed by atoms with van der Waals surface area (Å²) in [5.74, 6) is -3.85. The number of rotatable bonds is 10. The molecular weight excluding hydrogens is 971 g/mol. The first-order chi connectivity index (χ1) is 34.7. The van der Waals surface area contributed by atoms with E-state index in [1.165, 1.54) is 50.4 Å². The molecule has 0 bridgehead atoms. The second-order valence-electron chi connectivity index (χ2n) is 15.1. The van der Waals surface area contributed by atoms with Crippen LogP contribution in [0.1, 0.15) is 20.7 Å². The molecule has 360 valence electrons. The molecule has 2 fully saturated rings. The normalized spacial score (nSPS) is 13.7. The number of ketones is 2. The van der Waals surface area contributed by atoms with Gasteiger partial charge in [-0.05, 0) is 0 Å². The van der Waals surface area contributed by atoms with Crippen LogP contribution in [0, 0.1) is 11.6 Å². The van der Waals surface area contributed by atoms with Crippen LogP contribution >= 0.6 is 22.7 Å². The van der Waals surface area contributed by atoms with E-state index >= 15 is 0 Å². The Kier molecular flexibility index (Phi) is 12.8. The van der Waals surface area contributed by atoms with E-state index in [2.05, 4.69) is 91.6 Å². The fourth-order valence-corrected chi connectivity index (χ4v) is 9.01. The Labute approximate surface area is 403 Å². The summed E-state index contributed by atoms with van der Waals surface area (Å²) in [4.78, 5) is 76.0. The van der Waals surface area contributed by atoms with Crippen LogP contribution < -0.4 is 15.1 Å². The average Bonchev–Trinajstić information content (AvgIpc) is 4.25. The van der Waals surface area contributed by atoms with Gasteiger partial charge in [0.25, 0.3) is 17.5 Å². The Morgan fingerprint density at radius 3 is 1.54 bits per heavy atom. The highest BCUT2D eigenvalue weighted by molar-refractivity contribution is 7.13. The van der Waals surface area contributed by atoms with Crippen LogP contribution in [0.5, 0.6) is 0 Å². The van der Waals surface area contributed by atoms with Crippen molar-refractivity contribution in [1.82, 2.24) is 101 Å². The van der Waals surface area contributed by atoms with Gasteiger partial charge >= 0.3 is 5.97 Å². The molecule has 0 aliphatic carbocycles. The molecule has 2 saturated heterocycles. The van der Waals surface area contributed by atoms with E-state index < -0.39 is 35.1 Å². The maximum absolute atomic E-state index is 14.7. The largest absolute Gasteiger partial charge is 0.475 e. The number of fused-ring (bicyclic) bond motifs is 2. The smallest absolute Gasteiger partial charge is 0.377 e. The molecule has 0 spiro atoms. The van der Waals surface area contributed by atoms with E-state index in [1.807, 2.05) is 15.7 Å². The number of aromatic nitrogens is 18. The van der Waals surface area contributed by atoms with Crippen molar-refractivity contribution in [2.75, 3.05) is 62.2 Å². The number of aromatic amines is 4. The summed E-state index contributed by atoms with van der Waals surface area (Å²) in [5.41, 5.74) is 1.58. The molecule has 71 heavy (non-hydrogen) atoms. The molecule has 10 aromatic heterocycles. The lowest BCUT2D eigenvalue weighted by Crippen LogP contribution is -2.50. The molecule has 0 radical (unpaired) electrons. The van der Waals surface area contributed by atoms with Crippen LogP contribution in [0.2, 0.25) is 0 Å². The van der Waals surface area contributed by atoms with Gasteiger partial charge in [-0.15, -0.1) is 43.1 Å². The van der Waals surface area contributed by atoms with E-state index in [0.29, 0.717) is 37.7 Å². The Morgan fingerprint density at radius 1 is 0.592 bits per heavy atom. The van der Waals surface area contributed by atoms with Gasteiger partial charge in [0.1, 0.15) is 10.0 Å². The molecular formula is C40H34F2N22O5S2. The minimum atomic E-state index is -1.66. The number of hydrogen-bond donors (Lipinski definition) is 6. The summed E-state index contributed by atoms with van der Waals surface area (Å²) in [6.07, 6.45) is 13.7. The van der Waals surface area contributed by atoms with Crippen LogP contribution in [0.15, 0.2) is 72.7 Å². The van der Waals surface area contributed by atoms with E-state index in [4.69, 9.17) is 5.11 Å². The lowest BCUT2D eigenvalue weighted by molar-refractivity contribution is -0.131. The summed E-state index contributed by atoms with van der Waals surface area (Å²) in [6, 6.07) is 0. The number of nitrogens with zero attached hydrogens (tertiary/aromatic N) is 17. The molecule has 0 atom stereocenters. The van der Waals surface area contributed by atoms with E-state index in [0.717, 1.165) is 66.3 Å². The van der Waals surface area contributed by atoms with Gasteiger partial charge in [-0.25, -0.2) is 42.9 Å². The first kappa shape index (κ1) is 45.7. The van der Waals surface area contributed by atoms with Crippen LogP contribution in [0.3, 0.4) is 0 Å². The van der Waals surface area contributed by atoms with E-state index in [1.54, 1.807) is 29.9 Å². The van der Waals surface area contributed by atoms with Crippen molar-refractivity contribution in [3.05, 3.63) is 95.5 Å². The summed E-state index contributed by atoms with van der Waals surface area (Å²) in [6.45, 7) is 5.40. The van der Waals surface area contributed by atoms with E-state index in [-0.39, 0.29) is 44.6 Å². The second kappa shape index (κ2) is 19.9. The van der Waals surface area contributed by atoms with Crippen molar-refractivity contribution in [2.45, 2.75) is 0 Å². The predicted octanol–water partition coefficient (Wildman–Crippen LogP) is 1.94. The van der Waals surface area contributed by atoms with Crippen molar-refractivity contribution in [2.24, 2.45) is 0 Å². The van der Waals surface area contributed by atoms with E-state index in [9.17, 15) is 28.0 Å². The zero-order chi connectivity index (χ0) is 49.0. The third-order valence-corrected chi connectivity index (χ3v) is 12.6. The van der Waals surface area contributed by atoms with Crippen molar-refractivity contribution in [3.63, 3.8) is 0 Å². The Morgan fingerprint density at radius 2 is 1.08 bits per heavy atom. The number of thiazole rings is 2. The number of halogens is 2. The van der Waals surface area contributed by atoms with Crippen LogP contribution in [0.25, 0.3) is 54.8 Å². The lowest BCUT2D eigenvalue weighted by Gasteiger charge is -2.34. The monoisotopic (exact) mass is 1000 g/mol. The summed E-state index contributed by atoms with van der Waals surface area (Å²) in [7, 11) is 0. The van der Waals surface area contributed by atoms with Crippen molar-refractivity contribution in [1.29, 1.82) is 0 Å². The Hall–Kier alpha value is -9.10. The third-order valence-electron chi connectivity index (χ3n) is 11.1. The summed E-state index contributed by atoms with van der Waals surface area (Å²) < 4.78 is 31.2. The number of carboxylic acid groups (broad SMARTS) is 1. The third kappa shape index (κ3) is 9.04. The first-order valence-electron chi connectivity index (χ1n) is 21.1. The SMILES string of the molecule is O=C(C(=O)N1CCN(c2n[nH]nc2-c2nccs2)CC1)c1c[nH]c2c(-n3ccnn3)ncc(F)c12.O=C(O)C(=O)c1c[nH]c2c(-n3ccnn3)ncc(F)c12.c1csc(-c2n[nH]nc2N2CCNCC2)n1. The molecule has 12 rings (SSSR count). The predicted molar refractivity (Wildman–Crippen MR) is 247 cm³/mol. The average molecular weight is 1000 g/mol. The quantitative estimate of drug-likeness (QED) is 0.0842. The lowest BCUT2D eigenvalue weighted by atomic mass is 10.1. The number of nitrogens with one attached hydrogen (secondary N) is 5. The highest BCUT2D eigenvalue weighted by Crippen LogP contribution is 2.31. The molecule has 0 saturated carbocycles. The van der Waals surface area contributed by atoms with Gasteiger partial charge < -0.3 is 35.1 Å². The molecule has 12 heterocycles. The summed E-state index contributed by atoms with van der Waals surface area (Å²) in [5, 5.41) is 54.4. The fraction of sp³-hybridized carbons (Fsp3) is 0.200. The number of anilines is 2. The second-order valence-corrected chi connectivity index (χ2v) is 16.9. The number of piperazine rings is 2. The zero-order valence-electron chi connectivity index (χ0n) is 36.3. The molecule has 2 aliphatic rings. The van der Waals surface area contributed by atoms with Gasteiger partial charge in [-0.3, -0.25) is 14.4 Å². The molecule has 1 amide bonds. The number of carboxylic acids is 1.